The summed E-state index contributed by atoms with van der Waals surface area (Å²) < 4.78 is 5.48. The van der Waals surface area contributed by atoms with Crippen molar-refractivity contribution in [1.29, 1.82) is 0 Å². The van der Waals surface area contributed by atoms with Crippen molar-refractivity contribution in [3.05, 3.63) is 24.0 Å². The highest BCUT2D eigenvalue weighted by atomic mass is 16.5. The van der Waals surface area contributed by atoms with E-state index in [0.29, 0.717) is 6.61 Å². The van der Waals surface area contributed by atoms with Gasteiger partial charge in [0.1, 0.15) is 5.75 Å². The van der Waals surface area contributed by atoms with Gasteiger partial charge >= 0.3 is 0 Å². The third kappa shape index (κ3) is 3.51. The van der Waals surface area contributed by atoms with Crippen molar-refractivity contribution in [2.45, 2.75) is 39.2 Å². The number of aromatic nitrogens is 1. The van der Waals surface area contributed by atoms with Crippen LogP contribution < -0.4 is 4.74 Å². The van der Waals surface area contributed by atoms with Crippen LogP contribution in [-0.4, -0.2) is 22.8 Å². The van der Waals surface area contributed by atoms with E-state index in [9.17, 15) is 5.11 Å². The molecule has 0 saturated heterocycles. The SMILES string of the molecule is CCCOc1cncc(C(C)C(C)O)c1. The first-order valence-corrected chi connectivity index (χ1v) is 5.41. The molecule has 0 fully saturated rings. The topological polar surface area (TPSA) is 42.4 Å². The molecule has 0 bridgehead atoms. The second kappa shape index (κ2) is 5.71. The second-order valence-corrected chi connectivity index (χ2v) is 3.83. The summed E-state index contributed by atoms with van der Waals surface area (Å²) in [5.74, 6) is 0.865. The lowest BCUT2D eigenvalue weighted by Gasteiger charge is -2.15. The molecular formula is C12H19NO2. The molecule has 0 aliphatic carbocycles. The van der Waals surface area contributed by atoms with Crippen molar-refractivity contribution in [1.82, 2.24) is 4.98 Å². The van der Waals surface area contributed by atoms with E-state index in [1.807, 2.05) is 13.0 Å². The van der Waals surface area contributed by atoms with Gasteiger partial charge in [-0.3, -0.25) is 4.98 Å². The van der Waals surface area contributed by atoms with Gasteiger partial charge in [-0.15, -0.1) is 0 Å². The third-order valence-electron chi connectivity index (χ3n) is 2.46. The lowest BCUT2D eigenvalue weighted by atomic mass is 9.98. The van der Waals surface area contributed by atoms with E-state index in [0.717, 1.165) is 17.7 Å². The fourth-order valence-electron chi connectivity index (χ4n) is 1.26. The Hall–Kier alpha value is -1.09. The summed E-state index contributed by atoms with van der Waals surface area (Å²) in [5, 5.41) is 9.47. The van der Waals surface area contributed by atoms with Crippen molar-refractivity contribution >= 4 is 0 Å². The monoisotopic (exact) mass is 209 g/mol. The molecule has 1 aromatic heterocycles. The fraction of sp³-hybridized carbons (Fsp3) is 0.583. The molecule has 2 atom stereocenters. The van der Waals surface area contributed by atoms with Crippen LogP contribution in [0, 0.1) is 0 Å². The van der Waals surface area contributed by atoms with E-state index in [1.54, 1.807) is 19.3 Å². The maximum atomic E-state index is 9.47. The zero-order valence-corrected chi connectivity index (χ0v) is 9.60. The molecule has 1 heterocycles. The van der Waals surface area contributed by atoms with Crippen LogP contribution in [0.2, 0.25) is 0 Å². The van der Waals surface area contributed by atoms with Gasteiger partial charge in [0.25, 0.3) is 0 Å². The first-order valence-electron chi connectivity index (χ1n) is 5.41. The highest BCUT2D eigenvalue weighted by molar-refractivity contribution is 5.26. The molecule has 84 valence electrons. The smallest absolute Gasteiger partial charge is 0.137 e. The molecule has 0 amide bonds. The molecule has 2 unspecified atom stereocenters. The first-order chi connectivity index (χ1) is 7.15. The number of hydrogen-bond acceptors (Lipinski definition) is 3. The van der Waals surface area contributed by atoms with Crippen molar-refractivity contribution in [2.75, 3.05) is 6.61 Å². The third-order valence-corrected chi connectivity index (χ3v) is 2.46. The number of ether oxygens (including phenoxy) is 1. The lowest BCUT2D eigenvalue weighted by Crippen LogP contribution is -2.11. The van der Waals surface area contributed by atoms with Gasteiger partial charge in [-0.1, -0.05) is 13.8 Å². The maximum absolute atomic E-state index is 9.47. The van der Waals surface area contributed by atoms with Crippen LogP contribution in [-0.2, 0) is 0 Å². The predicted octanol–water partition coefficient (Wildman–Crippen LogP) is 2.35. The highest BCUT2D eigenvalue weighted by Gasteiger charge is 2.12. The minimum absolute atomic E-state index is 0.0858. The largest absolute Gasteiger partial charge is 0.492 e. The number of hydrogen-bond donors (Lipinski definition) is 1. The van der Waals surface area contributed by atoms with Gasteiger partial charge in [-0.05, 0) is 25.0 Å². The van der Waals surface area contributed by atoms with Gasteiger partial charge in [0.15, 0.2) is 0 Å². The molecule has 1 aromatic rings. The van der Waals surface area contributed by atoms with Gasteiger partial charge in [0.05, 0.1) is 18.9 Å². The molecular weight excluding hydrogens is 190 g/mol. The van der Waals surface area contributed by atoms with E-state index in [4.69, 9.17) is 4.74 Å². The van der Waals surface area contributed by atoms with E-state index < -0.39 is 0 Å². The average molecular weight is 209 g/mol. The highest BCUT2D eigenvalue weighted by Crippen LogP contribution is 2.21. The molecule has 0 aliphatic rings. The normalized spacial score (nSPS) is 14.7. The van der Waals surface area contributed by atoms with Gasteiger partial charge in [-0.25, -0.2) is 0 Å². The molecule has 15 heavy (non-hydrogen) atoms. The summed E-state index contributed by atoms with van der Waals surface area (Å²) in [6.45, 7) is 6.53. The molecule has 0 aromatic carbocycles. The molecule has 3 heteroatoms. The molecule has 0 spiro atoms. The Morgan fingerprint density at radius 3 is 2.73 bits per heavy atom. The maximum Gasteiger partial charge on any atom is 0.137 e. The Bertz CT molecular complexity index is 299. The van der Waals surface area contributed by atoms with Crippen LogP contribution >= 0.6 is 0 Å². The summed E-state index contributed by atoms with van der Waals surface area (Å²) in [4.78, 5) is 4.10. The van der Waals surface area contributed by atoms with Crippen molar-refractivity contribution in [3.8, 4) is 5.75 Å². The molecule has 0 saturated carbocycles. The Kier molecular flexibility index (Phi) is 4.56. The standard InChI is InChI=1S/C12H19NO2/c1-4-5-15-12-6-11(7-13-8-12)9(2)10(3)14/h6-10,14H,4-5H2,1-3H3. The number of rotatable bonds is 5. The Morgan fingerprint density at radius 1 is 1.40 bits per heavy atom. The summed E-state index contributed by atoms with van der Waals surface area (Å²) in [6.07, 6.45) is 4.09. The summed E-state index contributed by atoms with van der Waals surface area (Å²) in [7, 11) is 0. The second-order valence-electron chi connectivity index (χ2n) is 3.83. The molecule has 0 radical (unpaired) electrons. The molecule has 1 N–H and O–H groups in total. The van der Waals surface area contributed by atoms with Crippen LogP contribution in [0.4, 0.5) is 0 Å². The van der Waals surface area contributed by atoms with Crippen LogP contribution in [0.25, 0.3) is 0 Å². The van der Waals surface area contributed by atoms with Crippen LogP contribution in [0.1, 0.15) is 38.7 Å². The summed E-state index contributed by atoms with van der Waals surface area (Å²) in [5.41, 5.74) is 1.01. The van der Waals surface area contributed by atoms with Crippen molar-refractivity contribution in [3.63, 3.8) is 0 Å². The van der Waals surface area contributed by atoms with Crippen LogP contribution in [0.3, 0.4) is 0 Å². The van der Waals surface area contributed by atoms with Crippen molar-refractivity contribution in [2.24, 2.45) is 0 Å². The number of aliphatic hydroxyl groups is 1. The molecule has 3 nitrogen and oxygen atoms in total. The van der Waals surface area contributed by atoms with Gasteiger partial charge in [0.2, 0.25) is 0 Å². The quantitative estimate of drug-likeness (QED) is 0.809. The van der Waals surface area contributed by atoms with Crippen molar-refractivity contribution < 1.29 is 9.84 Å². The van der Waals surface area contributed by atoms with Crippen LogP contribution in [0.5, 0.6) is 5.75 Å². The lowest BCUT2D eigenvalue weighted by molar-refractivity contribution is 0.168. The molecule has 0 aliphatic heterocycles. The fourth-order valence-corrected chi connectivity index (χ4v) is 1.26. The average Bonchev–Trinajstić information content (AvgIpc) is 2.25. The predicted molar refractivity (Wildman–Crippen MR) is 60.1 cm³/mol. The Morgan fingerprint density at radius 2 is 2.13 bits per heavy atom. The first kappa shape index (κ1) is 12.0. The summed E-state index contributed by atoms with van der Waals surface area (Å²) in [6, 6.07) is 1.94. The van der Waals surface area contributed by atoms with E-state index in [1.165, 1.54) is 0 Å². The van der Waals surface area contributed by atoms with E-state index in [-0.39, 0.29) is 12.0 Å². The minimum Gasteiger partial charge on any atom is -0.492 e. The van der Waals surface area contributed by atoms with E-state index >= 15 is 0 Å². The number of aliphatic hydroxyl groups excluding tert-OH is 1. The Balaban J connectivity index is 2.73. The van der Waals surface area contributed by atoms with E-state index in [2.05, 4.69) is 11.9 Å². The van der Waals surface area contributed by atoms with Gasteiger partial charge < -0.3 is 9.84 Å². The number of nitrogens with zero attached hydrogens (tertiary/aromatic N) is 1. The zero-order chi connectivity index (χ0) is 11.3. The molecule has 1 rings (SSSR count). The van der Waals surface area contributed by atoms with Crippen LogP contribution in [0.15, 0.2) is 18.5 Å². The Labute approximate surface area is 91.1 Å². The zero-order valence-electron chi connectivity index (χ0n) is 9.60. The number of pyridine rings is 1. The summed E-state index contributed by atoms with van der Waals surface area (Å²) >= 11 is 0. The van der Waals surface area contributed by atoms with Gasteiger partial charge in [0, 0.05) is 12.1 Å². The minimum atomic E-state index is -0.367. The van der Waals surface area contributed by atoms with Gasteiger partial charge in [-0.2, -0.15) is 0 Å².